The first-order valence-electron chi connectivity index (χ1n) is 6.30. The lowest BCUT2D eigenvalue weighted by Gasteiger charge is -2.25. The normalized spacial score (nSPS) is 34.5. The maximum absolute atomic E-state index is 12.5. The molecule has 3 rings (SSSR count). The molecule has 0 amide bonds. The van der Waals surface area contributed by atoms with Crippen LogP contribution in [0.15, 0.2) is 30.3 Å². The number of nitriles is 1. The number of carbonyl (C=O) groups is 1. The number of hydrogen-bond acceptors (Lipinski definition) is 2. The highest BCUT2D eigenvalue weighted by Crippen LogP contribution is 2.52. The van der Waals surface area contributed by atoms with Gasteiger partial charge in [-0.2, -0.15) is 5.26 Å². The van der Waals surface area contributed by atoms with Crippen molar-refractivity contribution in [2.45, 2.75) is 19.3 Å². The topological polar surface area (TPSA) is 40.9 Å². The molecule has 0 unspecified atom stereocenters. The Morgan fingerprint density at radius 1 is 1.18 bits per heavy atom. The summed E-state index contributed by atoms with van der Waals surface area (Å²) < 4.78 is 0. The van der Waals surface area contributed by atoms with E-state index in [1.165, 1.54) is 0 Å². The summed E-state index contributed by atoms with van der Waals surface area (Å²) in [7, 11) is 0. The summed E-state index contributed by atoms with van der Waals surface area (Å²) in [6.45, 7) is 0. The Morgan fingerprint density at radius 3 is 2.59 bits per heavy atom. The summed E-state index contributed by atoms with van der Waals surface area (Å²) in [6.07, 6.45) is 3.36. The van der Waals surface area contributed by atoms with Crippen LogP contribution in [0.3, 0.4) is 0 Å². The quantitative estimate of drug-likeness (QED) is 0.726. The van der Waals surface area contributed by atoms with Gasteiger partial charge in [0.15, 0.2) is 5.78 Å². The van der Waals surface area contributed by atoms with Gasteiger partial charge in [-0.3, -0.25) is 4.79 Å². The van der Waals surface area contributed by atoms with E-state index in [9.17, 15) is 10.1 Å². The zero-order valence-corrected chi connectivity index (χ0v) is 9.67. The molecular formula is C15H15NO. The van der Waals surface area contributed by atoms with Crippen LogP contribution in [0.2, 0.25) is 0 Å². The van der Waals surface area contributed by atoms with E-state index in [4.69, 9.17) is 0 Å². The first-order chi connectivity index (χ1) is 8.31. The summed E-state index contributed by atoms with van der Waals surface area (Å²) in [5, 5.41) is 9.25. The van der Waals surface area contributed by atoms with Gasteiger partial charge in [0.1, 0.15) is 0 Å². The van der Waals surface area contributed by atoms with Crippen LogP contribution >= 0.6 is 0 Å². The van der Waals surface area contributed by atoms with E-state index < -0.39 is 0 Å². The summed E-state index contributed by atoms with van der Waals surface area (Å²) in [5.74, 6) is 1.03. The lowest BCUT2D eigenvalue weighted by Crippen LogP contribution is -2.28. The monoisotopic (exact) mass is 225 g/mol. The Morgan fingerprint density at radius 2 is 1.88 bits per heavy atom. The first kappa shape index (κ1) is 10.5. The molecule has 0 aliphatic heterocycles. The Balaban J connectivity index is 1.90. The lowest BCUT2D eigenvalue weighted by molar-refractivity contribution is 0.0842. The van der Waals surface area contributed by atoms with E-state index in [0.29, 0.717) is 11.8 Å². The number of hydrogen-bond donors (Lipinski definition) is 0. The minimum Gasteiger partial charge on any atom is -0.294 e. The second-order valence-corrected chi connectivity index (χ2v) is 5.24. The fraction of sp³-hybridized carbons (Fsp3) is 0.467. The molecule has 2 nitrogen and oxygen atoms in total. The predicted molar refractivity (Wildman–Crippen MR) is 64.2 cm³/mol. The Bertz CT molecular complexity index is 473. The van der Waals surface area contributed by atoms with Gasteiger partial charge in [0.25, 0.3) is 0 Å². The van der Waals surface area contributed by atoms with Crippen molar-refractivity contribution in [1.82, 2.24) is 0 Å². The summed E-state index contributed by atoms with van der Waals surface area (Å²) in [4.78, 5) is 12.5. The molecule has 2 aliphatic rings. The van der Waals surface area contributed by atoms with Gasteiger partial charge in [-0.1, -0.05) is 30.3 Å². The molecular weight excluding hydrogens is 210 g/mol. The number of rotatable bonds is 2. The van der Waals surface area contributed by atoms with Crippen LogP contribution in [0, 0.1) is 35.0 Å². The average molecular weight is 225 g/mol. The van der Waals surface area contributed by atoms with Crippen LogP contribution in [-0.2, 0) is 0 Å². The van der Waals surface area contributed by atoms with Gasteiger partial charge in [-0.25, -0.2) is 0 Å². The zero-order valence-electron chi connectivity index (χ0n) is 9.67. The summed E-state index contributed by atoms with van der Waals surface area (Å²) in [5.41, 5.74) is 0.769. The Kier molecular flexibility index (Phi) is 2.48. The first-order valence-corrected chi connectivity index (χ1v) is 6.30. The second-order valence-electron chi connectivity index (χ2n) is 5.24. The number of Topliss-reactive ketones (excluding diaryl/α,β-unsaturated/α-hetero) is 1. The SMILES string of the molecule is N#C[C@@H]1[C@H]2CC[C@@H](C2)[C@@H]1C(=O)c1ccccc1. The molecule has 0 aromatic heterocycles. The molecule has 0 saturated heterocycles. The van der Waals surface area contributed by atoms with E-state index in [1.54, 1.807) is 0 Å². The standard InChI is InChI=1S/C15H15NO/c16-9-13-11-6-7-12(8-11)14(13)15(17)10-4-2-1-3-5-10/h1-5,11-14H,6-8H2/t11-,12-,13+,14-/m0/s1. The van der Waals surface area contributed by atoms with Crippen molar-refractivity contribution >= 4 is 5.78 Å². The van der Waals surface area contributed by atoms with E-state index in [1.807, 2.05) is 30.3 Å². The zero-order chi connectivity index (χ0) is 11.8. The molecule has 2 bridgehead atoms. The highest BCUT2D eigenvalue weighted by molar-refractivity contribution is 5.98. The Hall–Kier alpha value is -1.62. The van der Waals surface area contributed by atoms with E-state index >= 15 is 0 Å². The molecule has 17 heavy (non-hydrogen) atoms. The molecule has 2 fully saturated rings. The predicted octanol–water partition coefficient (Wildman–Crippen LogP) is 3.06. The van der Waals surface area contributed by atoms with Crippen LogP contribution < -0.4 is 0 Å². The third-order valence-corrected chi connectivity index (χ3v) is 4.43. The molecule has 4 atom stereocenters. The molecule has 2 saturated carbocycles. The van der Waals surface area contributed by atoms with Gasteiger partial charge in [-0.15, -0.1) is 0 Å². The molecule has 0 spiro atoms. The van der Waals surface area contributed by atoms with E-state index in [-0.39, 0.29) is 17.6 Å². The highest BCUT2D eigenvalue weighted by Gasteiger charge is 2.50. The molecule has 0 heterocycles. The van der Waals surface area contributed by atoms with Crippen LogP contribution in [0.1, 0.15) is 29.6 Å². The van der Waals surface area contributed by atoms with Gasteiger partial charge in [0.2, 0.25) is 0 Å². The molecule has 2 heteroatoms. The van der Waals surface area contributed by atoms with Crippen LogP contribution in [0.25, 0.3) is 0 Å². The number of nitrogens with zero attached hydrogens (tertiary/aromatic N) is 1. The van der Waals surface area contributed by atoms with E-state index in [0.717, 1.165) is 24.8 Å². The number of carbonyl (C=O) groups excluding carboxylic acids is 1. The van der Waals surface area contributed by atoms with Crippen molar-refractivity contribution in [1.29, 1.82) is 5.26 Å². The largest absolute Gasteiger partial charge is 0.294 e. The maximum Gasteiger partial charge on any atom is 0.167 e. The summed E-state index contributed by atoms with van der Waals surface area (Å²) in [6, 6.07) is 11.8. The minimum absolute atomic E-state index is 0.0403. The third kappa shape index (κ3) is 1.58. The van der Waals surface area contributed by atoms with Crippen molar-refractivity contribution in [2.75, 3.05) is 0 Å². The van der Waals surface area contributed by atoms with Crippen molar-refractivity contribution in [3.63, 3.8) is 0 Å². The number of fused-ring (bicyclic) bond motifs is 2. The van der Waals surface area contributed by atoms with Crippen LogP contribution in [0.5, 0.6) is 0 Å². The fourth-order valence-corrected chi connectivity index (χ4v) is 3.65. The summed E-state index contributed by atoms with van der Waals surface area (Å²) >= 11 is 0. The number of benzene rings is 1. The molecule has 2 aliphatic carbocycles. The minimum atomic E-state index is -0.0406. The smallest absolute Gasteiger partial charge is 0.167 e. The molecule has 1 aromatic carbocycles. The van der Waals surface area contributed by atoms with Crippen LogP contribution in [-0.4, -0.2) is 5.78 Å². The highest BCUT2D eigenvalue weighted by atomic mass is 16.1. The lowest BCUT2D eigenvalue weighted by atomic mass is 9.76. The molecule has 0 N–H and O–H groups in total. The van der Waals surface area contributed by atoms with Gasteiger partial charge < -0.3 is 0 Å². The van der Waals surface area contributed by atoms with Crippen molar-refractivity contribution in [3.8, 4) is 6.07 Å². The number of ketones is 1. The van der Waals surface area contributed by atoms with Gasteiger partial charge in [0, 0.05) is 11.5 Å². The second kappa shape index (κ2) is 4.00. The van der Waals surface area contributed by atoms with Crippen molar-refractivity contribution in [2.24, 2.45) is 23.7 Å². The van der Waals surface area contributed by atoms with Gasteiger partial charge in [-0.05, 0) is 31.1 Å². The van der Waals surface area contributed by atoms with Gasteiger partial charge in [0.05, 0.1) is 12.0 Å². The van der Waals surface area contributed by atoms with Crippen molar-refractivity contribution in [3.05, 3.63) is 35.9 Å². The van der Waals surface area contributed by atoms with E-state index in [2.05, 4.69) is 6.07 Å². The van der Waals surface area contributed by atoms with Crippen LogP contribution in [0.4, 0.5) is 0 Å². The fourth-order valence-electron chi connectivity index (χ4n) is 3.65. The molecule has 1 aromatic rings. The third-order valence-electron chi connectivity index (χ3n) is 4.43. The molecule has 0 radical (unpaired) electrons. The Labute approximate surface area is 101 Å². The van der Waals surface area contributed by atoms with Gasteiger partial charge >= 0.3 is 0 Å². The maximum atomic E-state index is 12.5. The van der Waals surface area contributed by atoms with Crippen molar-refractivity contribution < 1.29 is 4.79 Å². The molecule has 86 valence electrons. The average Bonchev–Trinajstić information content (AvgIpc) is 2.98.